The number of carbonyl (C=O) groups excluding carboxylic acids is 1. The van der Waals surface area contributed by atoms with Crippen LogP contribution in [0, 0.1) is 10.1 Å². The number of carbonyl (C=O) groups is 1. The molecule has 0 unspecified atom stereocenters. The molecule has 0 spiro atoms. The van der Waals surface area contributed by atoms with Crippen LogP contribution in [0.1, 0.15) is 18.4 Å². The molecule has 6 nitrogen and oxygen atoms in total. The van der Waals surface area contributed by atoms with Crippen molar-refractivity contribution in [1.82, 2.24) is 4.90 Å². The smallest absolute Gasteiger partial charge is 0.270 e. The fourth-order valence-electron chi connectivity index (χ4n) is 2.11. The molecule has 2 aliphatic rings. The van der Waals surface area contributed by atoms with E-state index in [1.165, 1.54) is 12.1 Å². The molecule has 1 aliphatic heterocycles. The summed E-state index contributed by atoms with van der Waals surface area (Å²) >= 11 is 0. The van der Waals surface area contributed by atoms with Gasteiger partial charge in [0.25, 0.3) is 5.69 Å². The van der Waals surface area contributed by atoms with Crippen LogP contribution >= 0.6 is 0 Å². The predicted octanol–water partition coefficient (Wildman–Crippen LogP) is 1.35. The quantitative estimate of drug-likeness (QED) is 0.595. The molecule has 3 rings (SSSR count). The number of benzene rings is 1. The maximum Gasteiger partial charge on any atom is 0.270 e. The third-order valence-corrected chi connectivity index (χ3v) is 3.09. The van der Waals surface area contributed by atoms with Crippen molar-refractivity contribution in [3.05, 3.63) is 39.9 Å². The van der Waals surface area contributed by atoms with Crippen molar-refractivity contribution >= 4 is 17.4 Å². The zero-order valence-corrected chi connectivity index (χ0v) is 9.57. The molecule has 1 saturated carbocycles. The van der Waals surface area contributed by atoms with Crippen LogP contribution in [0.3, 0.4) is 0 Å². The molecule has 18 heavy (non-hydrogen) atoms. The molecule has 1 amide bonds. The number of nitro groups is 1. The second kappa shape index (κ2) is 3.90. The minimum atomic E-state index is -0.442. The van der Waals surface area contributed by atoms with Gasteiger partial charge in [-0.1, -0.05) is 12.1 Å². The zero-order chi connectivity index (χ0) is 12.7. The Morgan fingerprint density at radius 1 is 1.39 bits per heavy atom. The van der Waals surface area contributed by atoms with Crippen LogP contribution in [-0.2, 0) is 4.79 Å². The molecule has 1 heterocycles. The van der Waals surface area contributed by atoms with E-state index < -0.39 is 4.92 Å². The lowest BCUT2D eigenvalue weighted by Crippen LogP contribution is -2.35. The number of aliphatic imine (C=N–C) groups is 1. The minimum Gasteiger partial charge on any atom is -0.292 e. The van der Waals surface area contributed by atoms with Crippen LogP contribution in [-0.4, -0.2) is 34.2 Å². The summed E-state index contributed by atoms with van der Waals surface area (Å²) < 4.78 is 0. The topological polar surface area (TPSA) is 75.8 Å². The van der Waals surface area contributed by atoms with Gasteiger partial charge in [0.2, 0.25) is 5.91 Å². The second-order valence-electron chi connectivity index (χ2n) is 4.44. The standard InChI is InChI=1S/C12H11N3O3/c16-11-7-13-12(14(11)9-4-5-9)8-2-1-3-10(6-8)15(17)18/h1-3,6,9H,4-5,7H2. The van der Waals surface area contributed by atoms with Crippen molar-refractivity contribution in [2.45, 2.75) is 18.9 Å². The number of amides is 1. The summed E-state index contributed by atoms with van der Waals surface area (Å²) in [5.74, 6) is 0.560. The number of non-ortho nitro benzene ring substituents is 1. The summed E-state index contributed by atoms with van der Waals surface area (Å²) in [5.41, 5.74) is 0.659. The highest BCUT2D eigenvalue weighted by Crippen LogP contribution is 2.31. The Balaban J connectivity index is 1.96. The lowest BCUT2D eigenvalue weighted by molar-refractivity contribution is -0.384. The second-order valence-corrected chi connectivity index (χ2v) is 4.44. The van der Waals surface area contributed by atoms with Crippen LogP contribution in [0.5, 0.6) is 0 Å². The van der Waals surface area contributed by atoms with E-state index in [4.69, 9.17) is 0 Å². The van der Waals surface area contributed by atoms with E-state index in [1.54, 1.807) is 17.0 Å². The highest BCUT2D eigenvalue weighted by atomic mass is 16.6. The molecular formula is C12H11N3O3. The van der Waals surface area contributed by atoms with Crippen molar-refractivity contribution in [3.63, 3.8) is 0 Å². The molecule has 0 radical (unpaired) electrons. The molecule has 1 aromatic carbocycles. The first-order valence-corrected chi connectivity index (χ1v) is 5.78. The van der Waals surface area contributed by atoms with E-state index in [1.807, 2.05) is 0 Å². The van der Waals surface area contributed by atoms with Gasteiger partial charge in [-0.15, -0.1) is 0 Å². The Morgan fingerprint density at radius 2 is 2.17 bits per heavy atom. The lowest BCUT2D eigenvalue weighted by atomic mass is 10.1. The Labute approximate surface area is 103 Å². The van der Waals surface area contributed by atoms with Crippen LogP contribution in [0.2, 0.25) is 0 Å². The third-order valence-electron chi connectivity index (χ3n) is 3.09. The number of rotatable bonds is 3. The molecule has 92 valence electrons. The molecule has 0 bridgehead atoms. The van der Waals surface area contributed by atoms with Gasteiger partial charge in [0, 0.05) is 23.7 Å². The predicted molar refractivity (Wildman–Crippen MR) is 64.4 cm³/mol. The highest BCUT2D eigenvalue weighted by molar-refractivity contribution is 6.13. The van der Waals surface area contributed by atoms with Gasteiger partial charge < -0.3 is 0 Å². The minimum absolute atomic E-state index is 0.0148. The average Bonchev–Trinajstić information content (AvgIpc) is 3.12. The van der Waals surface area contributed by atoms with Crippen molar-refractivity contribution < 1.29 is 9.72 Å². The molecule has 0 saturated heterocycles. The Hall–Kier alpha value is -2.24. The van der Waals surface area contributed by atoms with E-state index in [0.717, 1.165) is 12.8 Å². The number of amidine groups is 1. The maximum atomic E-state index is 11.7. The summed E-state index contributed by atoms with van der Waals surface area (Å²) in [6.45, 7) is 0.147. The van der Waals surface area contributed by atoms with Gasteiger partial charge >= 0.3 is 0 Å². The average molecular weight is 245 g/mol. The Kier molecular flexibility index (Phi) is 2.36. The molecule has 0 atom stereocenters. The fourth-order valence-corrected chi connectivity index (χ4v) is 2.11. The van der Waals surface area contributed by atoms with Crippen LogP contribution in [0.15, 0.2) is 29.3 Å². The van der Waals surface area contributed by atoms with E-state index in [2.05, 4.69) is 4.99 Å². The molecule has 1 fully saturated rings. The highest BCUT2D eigenvalue weighted by Gasteiger charge is 2.39. The van der Waals surface area contributed by atoms with Gasteiger partial charge in [-0.2, -0.15) is 0 Å². The zero-order valence-electron chi connectivity index (χ0n) is 9.57. The number of nitrogens with zero attached hydrogens (tertiary/aromatic N) is 3. The van der Waals surface area contributed by atoms with Gasteiger partial charge in [0.05, 0.1) is 4.92 Å². The summed E-state index contributed by atoms with van der Waals surface area (Å²) in [4.78, 5) is 27.9. The third kappa shape index (κ3) is 1.75. The molecule has 0 aromatic heterocycles. The number of nitro benzene ring substituents is 1. The van der Waals surface area contributed by atoms with Gasteiger partial charge in [0.15, 0.2) is 0 Å². The van der Waals surface area contributed by atoms with Gasteiger partial charge in [0.1, 0.15) is 12.4 Å². The molecule has 1 aliphatic carbocycles. The summed E-state index contributed by atoms with van der Waals surface area (Å²) in [6, 6.07) is 6.50. The monoisotopic (exact) mass is 245 g/mol. The van der Waals surface area contributed by atoms with Crippen LogP contribution < -0.4 is 0 Å². The van der Waals surface area contributed by atoms with Crippen molar-refractivity contribution in [2.24, 2.45) is 4.99 Å². The SMILES string of the molecule is O=C1CN=C(c2cccc([N+](=O)[O-])c2)N1C1CC1. The molecule has 0 N–H and O–H groups in total. The summed E-state index contributed by atoms with van der Waals surface area (Å²) in [6.07, 6.45) is 1.97. The number of hydrogen-bond donors (Lipinski definition) is 0. The van der Waals surface area contributed by atoms with E-state index in [-0.39, 0.29) is 24.2 Å². The number of hydrogen-bond acceptors (Lipinski definition) is 4. The molecular weight excluding hydrogens is 234 g/mol. The molecule has 6 heteroatoms. The summed E-state index contributed by atoms with van der Waals surface area (Å²) in [5, 5.41) is 10.7. The van der Waals surface area contributed by atoms with Crippen molar-refractivity contribution in [3.8, 4) is 0 Å². The first kappa shape index (κ1) is 10.9. The first-order valence-electron chi connectivity index (χ1n) is 5.78. The largest absolute Gasteiger partial charge is 0.292 e. The molecule has 1 aromatic rings. The first-order chi connectivity index (χ1) is 8.66. The van der Waals surface area contributed by atoms with E-state index in [0.29, 0.717) is 11.4 Å². The van der Waals surface area contributed by atoms with Crippen LogP contribution in [0.25, 0.3) is 0 Å². The fraction of sp³-hybridized carbons (Fsp3) is 0.333. The van der Waals surface area contributed by atoms with E-state index in [9.17, 15) is 14.9 Å². The van der Waals surface area contributed by atoms with Gasteiger partial charge in [-0.05, 0) is 12.8 Å². The normalized spacial score (nSPS) is 19.0. The van der Waals surface area contributed by atoms with E-state index >= 15 is 0 Å². The maximum absolute atomic E-state index is 11.7. The Morgan fingerprint density at radius 3 is 2.83 bits per heavy atom. The Bertz CT molecular complexity index is 563. The summed E-state index contributed by atoms with van der Waals surface area (Å²) in [7, 11) is 0. The van der Waals surface area contributed by atoms with Crippen LogP contribution in [0.4, 0.5) is 5.69 Å². The van der Waals surface area contributed by atoms with Gasteiger partial charge in [-0.25, -0.2) is 0 Å². The van der Waals surface area contributed by atoms with Gasteiger partial charge in [-0.3, -0.25) is 24.8 Å². The lowest BCUT2D eigenvalue weighted by Gasteiger charge is -2.17. The van der Waals surface area contributed by atoms with Crippen molar-refractivity contribution in [2.75, 3.05) is 6.54 Å². The van der Waals surface area contributed by atoms with Crippen molar-refractivity contribution in [1.29, 1.82) is 0 Å².